The molecule has 0 aromatic heterocycles. The van der Waals surface area contributed by atoms with Crippen molar-refractivity contribution in [1.82, 2.24) is 0 Å². The Labute approximate surface area is 327 Å². The Morgan fingerprint density at radius 3 is 1.55 bits per heavy atom. The second-order valence-corrected chi connectivity index (χ2v) is 16.5. The van der Waals surface area contributed by atoms with Gasteiger partial charge in [0.05, 0.1) is 25.4 Å². The van der Waals surface area contributed by atoms with Crippen LogP contribution in [0.15, 0.2) is 35.8 Å². The van der Waals surface area contributed by atoms with E-state index in [1.54, 1.807) is 0 Å². The first-order valence-corrected chi connectivity index (χ1v) is 19.2. The third kappa shape index (κ3) is 9.18. The summed E-state index contributed by atoms with van der Waals surface area (Å²) in [7, 11) is 2.91. The third-order valence-corrected chi connectivity index (χ3v) is 11.6. The van der Waals surface area contributed by atoms with Crippen molar-refractivity contribution in [2.75, 3.05) is 14.2 Å². The fourth-order valence-electron chi connectivity index (χ4n) is 8.34. The summed E-state index contributed by atoms with van der Waals surface area (Å²) in [5.41, 5.74) is 6.88. The summed E-state index contributed by atoms with van der Waals surface area (Å²) in [6.45, 7) is 12.3. The Hall–Kier alpha value is -2.49. The number of aliphatic hydroxyl groups excluding tert-OH is 1. The van der Waals surface area contributed by atoms with Gasteiger partial charge in [-0.25, -0.2) is 0 Å². The highest BCUT2D eigenvalue weighted by atomic mass is 35.5. The van der Waals surface area contributed by atoms with Crippen LogP contribution in [0.25, 0.3) is 11.1 Å². The summed E-state index contributed by atoms with van der Waals surface area (Å²) in [6.07, 6.45) is 5.81. The van der Waals surface area contributed by atoms with Crippen molar-refractivity contribution < 1.29 is 28.9 Å². The monoisotopic (exact) mass is 792 g/mol. The minimum atomic E-state index is -0.0251. The molecule has 2 saturated carbocycles. The molecule has 0 saturated heterocycles. The van der Waals surface area contributed by atoms with Crippen molar-refractivity contribution in [2.24, 2.45) is 35.5 Å². The zero-order valence-corrected chi connectivity index (χ0v) is 34.4. The molecule has 4 aliphatic carbocycles. The minimum absolute atomic E-state index is 0.0192. The number of methoxy groups -OCH3 is 2. The van der Waals surface area contributed by atoms with Gasteiger partial charge in [0.1, 0.15) is 11.5 Å². The zero-order valence-electron chi connectivity index (χ0n) is 30.5. The Bertz CT molecular complexity index is 1740. The summed E-state index contributed by atoms with van der Waals surface area (Å²) in [5.74, 6) is 2.46. The molecular formula is C40H47Cl3O6S2. The average Bonchev–Trinajstić information content (AvgIpc) is 3.45. The van der Waals surface area contributed by atoms with Crippen LogP contribution in [-0.2, 0) is 23.8 Å². The first kappa shape index (κ1) is 41.3. The number of ether oxygens (including phenoxy) is 3. The van der Waals surface area contributed by atoms with Crippen molar-refractivity contribution in [3.63, 3.8) is 0 Å². The molecular weight excluding hydrogens is 747 g/mol. The quantitative estimate of drug-likeness (QED) is 0.243. The number of ketones is 2. The number of aliphatic hydroxyl groups is 1. The lowest BCUT2D eigenvalue weighted by atomic mass is 9.75. The second-order valence-electron chi connectivity index (χ2n) is 14.3. The smallest absolute Gasteiger partial charge is 0.357 e. The predicted molar refractivity (Wildman–Crippen MR) is 214 cm³/mol. The van der Waals surface area contributed by atoms with Gasteiger partial charge in [-0.15, -0.1) is 0 Å². The van der Waals surface area contributed by atoms with Crippen LogP contribution in [0, 0.1) is 63.2 Å². The second kappa shape index (κ2) is 17.6. The molecule has 0 heterocycles. The van der Waals surface area contributed by atoms with Gasteiger partial charge in [0.15, 0.2) is 11.6 Å². The molecule has 1 N–H and O–H groups in total. The molecule has 11 heteroatoms. The van der Waals surface area contributed by atoms with Crippen molar-refractivity contribution in [3.8, 4) is 0 Å². The fourth-order valence-corrected chi connectivity index (χ4v) is 9.08. The number of benzene rings is 2. The molecule has 51 heavy (non-hydrogen) atoms. The normalized spacial score (nSPS) is 25.2. The maximum Gasteiger partial charge on any atom is 0.357 e. The van der Waals surface area contributed by atoms with Gasteiger partial charge in [0.25, 0.3) is 4.51 Å². The number of rotatable bonds is 3. The van der Waals surface area contributed by atoms with Crippen LogP contribution in [-0.4, -0.2) is 40.6 Å². The van der Waals surface area contributed by atoms with Gasteiger partial charge in [0, 0.05) is 45.9 Å². The van der Waals surface area contributed by atoms with Crippen LogP contribution in [0.3, 0.4) is 0 Å². The van der Waals surface area contributed by atoms with Crippen LogP contribution >= 0.6 is 59.2 Å². The largest absolute Gasteiger partial charge is 0.511 e. The number of hydrogen-bond acceptors (Lipinski definition) is 8. The van der Waals surface area contributed by atoms with Crippen LogP contribution in [0.2, 0.25) is 10.0 Å². The molecule has 0 bridgehead atoms. The highest BCUT2D eigenvalue weighted by Gasteiger charge is 2.48. The van der Waals surface area contributed by atoms with Crippen LogP contribution in [0.5, 0.6) is 0 Å². The number of halogens is 3. The fraction of sp³-hybridized carbons (Fsp3) is 0.500. The SMILES string of the molecule is COC(=S)Cl.COC(=S)OC1=C(c2c(C)cc(Cl)cc2C)C(=O)C2CC(C)CCC12.Cc1cc(Cl)cc(C)c1C1=C(O)C2CC(C)CCC2C1=O. The number of aryl methyl sites for hydroxylation is 4. The van der Waals surface area contributed by atoms with Gasteiger partial charge in [-0.05, 0) is 160 Å². The summed E-state index contributed by atoms with van der Waals surface area (Å²) in [4.78, 5) is 26.1. The van der Waals surface area contributed by atoms with Gasteiger partial charge in [0.2, 0.25) is 0 Å². The van der Waals surface area contributed by atoms with E-state index in [1.165, 1.54) is 14.2 Å². The Kier molecular flexibility index (Phi) is 14.2. The third-order valence-electron chi connectivity index (χ3n) is 10.6. The number of carbonyl (C=O) groups excluding carboxylic acids is 2. The predicted octanol–water partition coefficient (Wildman–Crippen LogP) is 11.3. The highest BCUT2D eigenvalue weighted by Crippen LogP contribution is 2.50. The maximum absolute atomic E-state index is 13.3. The molecule has 0 amide bonds. The topological polar surface area (TPSA) is 82.1 Å². The molecule has 6 nitrogen and oxygen atoms in total. The molecule has 2 fully saturated rings. The molecule has 6 unspecified atom stereocenters. The highest BCUT2D eigenvalue weighted by molar-refractivity contribution is 7.82. The summed E-state index contributed by atoms with van der Waals surface area (Å²) in [6, 6.07) is 7.51. The molecule has 6 rings (SSSR count). The van der Waals surface area contributed by atoms with E-state index in [9.17, 15) is 14.7 Å². The maximum atomic E-state index is 13.3. The Balaban J connectivity index is 0.000000204. The zero-order chi connectivity index (χ0) is 37.9. The molecule has 276 valence electrons. The van der Waals surface area contributed by atoms with E-state index in [4.69, 9.17) is 56.5 Å². The molecule has 0 spiro atoms. The average molecular weight is 794 g/mol. The Morgan fingerprint density at radius 1 is 0.686 bits per heavy atom. The van der Waals surface area contributed by atoms with Crippen molar-refractivity contribution in [1.29, 1.82) is 0 Å². The number of fused-ring (bicyclic) bond motifs is 2. The van der Waals surface area contributed by atoms with Gasteiger partial charge < -0.3 is 19.3 Å². The van der Waals surface area contributed by atoms with Crippen molar-refractivity contribution in [3.05, 3.63) is 79.2 Å². The molecule has 2 aromatic rings. The summed E-state index contributed by atoms with van der Waals surface area (Å²) < 4.78 is 15.2. The molecule has 4 aliphatic rings. The molecule has 0 aliphatic heterocycles. The number of allylic oxidation sites excluding steroid dienone is 4. The van der Waals surface area contributed by atoms with E-state index in [0.29, 0.717) is 44.5 Å². The van der Waals surface area contributed by atoms with Gasteiger partial charge in [-0.3, -0.25) is 9.59 Å². The molecule has 0 radical (unpaired) electrons. The van der Waals surface area contributed by atoms with E-state index in [0.717, 1.165) is 71.9 Å². The lowest BCUT2D eigenvalue weighted by Crippen LogP contribution is -2.26. The number of Topliss-reactive ketones (excluding diaryl/α,β-unsaturated/α-hetero) is 2. The van der Waals surface area contributed by atoms with Crippen LogP contribution < -0.4 is 0 Å². The molecule has 2 aromatic carbocycles. The van der Waals surface area contributed by atoms with Crippen LogP contribution in [0.4, 0.5) is 0 Å². The van der Waals surface area contributed by atoms with Crippen molar-refractivity contribution in [2.45, 2.75) is 80.1 Å². The number of thiocarbonyl (C=S) groups is 2. The number of carbonyl (C=O) groups is 2. The minimum Gasteiger partial charge on any atom is -0.511 e. The van der Waals surface area contributed by atoms with Gasteiger partial charge in [-0.2, -0.15) is 0 Å². The van der Waals surface area contributed by atoms with E-state index in [-0.39, 0.29) is 45.0 Å². The van der Waals surface area contributed by atoms with E-state index in [2.05, 4.69) is 30.8 Å². The first-order valence-electron chi connectivity index (χ1n) is 17.3. The lowest BCUT2D eigenvalue weighted by Gasteiger charge is -2.29. The van der Waals surface area contributed by atoms with E-state index < -0.39 is 0 Å². The summed E-state index contributed by atoms with van der Waals surface area (Å²) >= 11 is 26.6. The van der Waals surface area contributed by atoms with Gasteiger partial charge in [-0.1, -0.05) is 37.0 Å². The van der Waals surface area contributed by atoms with E-state index >= 15 is 0 Å². The van der Waals surface area contributed by atoms with Crippen LogP contribution in [0.1, 0.15) is 85.8 Å². The first-order chi connectivity index (χ1) is 24.0. The van der Waals surface area contributed by atoms with E-state index in [1.807, 2.05) is 52.0 Å². The van der Waals surface area contributed by atoms with Crippen molar-refractivity contribution >= 4 is 91.7 Å². The lowest BCUT2D eigenvalue weighted by molar-refractivity contribution is -0.119. The number of hydrogen-bond donors (Lipinski definition) is 1. The Morgan fingerprint density at radius 2 is 1.10 bits per heavy atom. The van der Waals surface area contributed by atoms with Gasteiger partial charge >= 0.3 is 5.24 Å². The summed E-state index contributed by atoms with van der Waals surface area (Å²) in [5, 5.41) is 12.1. The standard InChI is InChI=1S/C20H23ClO3S.C18H21ClO2.C2H3ClOS/c1-10-5-6-14-15(7-10)18(22)17(19(14)24-20(25)23-4)16-11(2)8-13(21)9-12(16)3;1-9-4-5-13-14(6-9)18(21)16(17(13)20)15-10(2)7-12(19)8-11(15)3;1-4-2(3)5/h8-10,14-15H,5-7H2,1-4H3;7-9,13-14,21H,4-6H2,1-3H3;1H3. The molecule has 6 atom stereocenters.